The van der Waals surface area contributed by atoms with Crippen LogP contribution in [0.2, 0.25) is 0 Å². The maximum atomic E-state index is 13.2. The van der Waals surface area contributed by atoms with Crippen molar-refractivity contribution in [1.29, 1.82) is 5.26 Å². The molecule has 0 amide bonds. The summed E-state index contributed by atoms with van der Waals surface area (Å²) in [6.07, 6.45) is 0.990. The van der Waals surface area contributed by atoms with Crippen molar-refractivity contribution in [2.75, 3.05) is 13.1 Å². The molecule has 0 N–H and O–H groups in total. The molecule has 1 fully saturated rings. The smallest absolute Gasteiger partial charge is 0.243 e. The Morgan fingerprint density at radius 1 is 1.13 bits per heavy atom. The molecule has 0 spiro atoms. The molecule has 1 aliphatic rings. The number of sulfonamides is 1. The number of benzene rings is 1. The third-order valence-corrected chi connectivity index (χ3v) is 7.07. The number of hydrogen-bond donors (Lipinski definition) is 0. The summed E-state index contributed by atoms with van der Waals surface area (Å²) in [7, 11) is -3.73. The number of nitrogens with zero attached hydrogens (tertiary/aromatic N) is 4. The molecule has 0 radical (unpaired) electrons. The number of hydrogen-bond acceptors (Lipinski definition) is 6. The molecule has 0 bridgehead atoms. The molecule has 3 rings (SSSR count). The Labute approximate surface area is 177 Å². The fourth-order valence-corrected chi connectivity index (χ4v) is 5.77. The standard InChI is InChI=1S/C22H26N4O3S/c1-14-8-15(2)13-26(12-14)30(28,29)19-7-5-6-18(10-19)21(27)20(11-23)22-24-16(3)9-17(4)25-22/h5-7,9-10,14-15,20H,8,12-13H2,1-4H3. The summed E-state index contributed by atoms with van der Waals surface area (Å²) in [5, 5.41) is 9.61. The first-order valence-corrected chi connectivity index (χ1v) is 11.4. The molecule has 3 atom stereocenters. The number of piperidine rings is 1. The van der Waals surface area contributed by atoms with E-state index in [1.165, 1.54) is 28.6 Å². The van der Waals surface area contributed by atoms with Crippen molar-refractivity contribution in [3.8, 4) is 6.07 Å². The van der Waals surface area contributed by atoms with E-state index in [1.807, 2.05) is 19.9 Å². The van der Waals surface area contributed by atoms with Crippen LogP contribution in [0.5, 0.6) is 0 Å². The van der Waals surface area contributed by atoms with E-state index in [0.717, 1.165) is 6.42 Å². The fourth-order valence-electron chi connectivity index (χ4n) is 4.04. The number of carbonyl (C=O) groups is 1. The van der Waals surface area contributed by atoms with E-state index in [9.17, 15) is 18.5 Å². The highest BCUT2D eigenvalue weighted by Crippen LogP contribution is 2.28. The van der Waals surface area contributed by atoms with Gasteiger partial charge in [0.2, 0.25) is 10.0 Å². The van der Waals surface area contributed by atoms with Crippen molar-refractivity contribution < 1.29 is 13.2 Å². The van der Waals surface area contributed by atoms with E-state index < -0.39 is 21.7 Å². The number of rotatable bonds is 5. The molecular formula is C22H26N4O3S. The van der Waals surface area contributed by atoms with Gasteiger partial charge in [0.05, 0.1) is 11.0 Å². The van der Waals surface area contributed by atoms with E-state index in [0.29, 0.717) is 24.5 Å². The lowest BCUT2D eigenvalue weighted by molar-refractivity contribution is 0.0976. The molecule has 30 heavy (non-hydrogen) atoms. The Bertz CT molecular complexity index is 1080. The molecule has 1 aromatic carbocycles. The predicted octanol–water partition coefficient (Wildman–Crippen LogP) is 3.25. The number of aryl methyl sites for hydroxylation is 2. The third kappa shape index (κ3) is 4.58. The average Bonchev–Trinajstić information content (AvgIpc) is 2.67. The molecule has 3 unspecified atom stereocenters. The normalized spacial score (nSPS) is 21.0. The first kappa shape index (κ1) is 22.1. The zero-order valence-electron chi connectivity index (χ0n) is 17.7. The number of ketones is 1. The molecule has 1 aromatic heterocycles. The van der Waals surface area contributed by atoms with Gasteiger partial charge in [-0.25, -0.2) is 18.4 Å². The van der Waals surface area contributed by atoms with Crippen molar-refractivity contribution in [2.45, 2.75) is 44.9 Å². The molecule has 0 aliphatic carbocycles. The topological polar surface area (TPSA) is 104 Å². The number of aromatic nitrogens is 2. The Hall–Kier alpha value is -2.63. The van der Waals surface area contributed by atoms with Crippen molar-refractivity contribution >= 4 is 15.8 Å². The van der Waals surface area contributed by atoms with Crippen molar-refractivity contribution in [3.05, 3.63) is 53.1 Å². The van der Waals surface area contributed by atoms with Crippen molar-refractivity contribution in [2.24, 2.45) is 11.8 Å². The first-order chi connectivity index (χ1) is 14.1. The molecule has 158 valence electrons. The zero-order valence-corrected chi connectivity index (χ0v) is 18.5. The van der Waals surface area contributed by atoms with Crippen LogP contribution >= 0.6 is 0 Å². The average molecular weight is 427 g/mol. The highest BCUT2D eigenvalue weighted by Gasteiger charge is 2.32. The fraction of sp³-hybridized carbons (Fsp3) is 0.455. The van der Waals surface area contributed by atoms with Crippen LogP contribution in [0, 0.1) is 37.0 Å². The largest absolute Gasteiger partial charge is 0.292 e. The van der Waals surface area contributed by atoms with Gasteiger partial charge in [-0.15, -0.1) is 0 Å². The maximum absolute atomic E-state index is 13.2. The van der Waals surface area contributed by atoms with Crippen LogP contribution in [0.4, 0.5) is 0 Å². The molecule has 8 heteroatoms. The number of carbonyl (C=O) groups excluding carboxylic acids is 1. The lowest BCUT2D eigenvalue weighted by Gasteiger charge is -2.34. The highest BCUT2D eigenvalue weighted by atomic mass is 32.2. The SMILES string of the molecule is Cc1cc(C)nc(C(C#N)C(=O)c2cccc(S(=O)(=O)N3CC(C)CC(C)C3)c2)n1. The quantitative estimate of drug-likeness (QED) is 0.680. The maximum Gasteiger partial charge on any atom is 0.243 e. The van der Waals surface area contributed by atoms with E-state index >= 15 is 0 Å². The van der Waals surface area contributed by atoms with Crippen molar-refractivity contribution in [3.63, 3.8) is 0 Å². The van der Waals surface area contributed by atoms with Gasteiger partial charge < -0.3 is 0 Å². The monoisotopic (exact) mass is 426 g/mol. The molecule has 1 saturated heterocycles. The zero-order chi connectivity index (χ0) is 22.1. The van der Waals surface area contributed by atoms with Gasteiger partial charge in [0, 0.05) is 30.0 Å². The second kappa shape index (κ2) is 8.62. The van der Waals surface area contributed by atoms with Gasteiger partial charge in [-0.3, -0.25) is 4.79 Å². The molecule has 2 aromatic rings. The molecule has 2 heterocycles. The minimum Gasteiger partial charge on any atom is -0.292 e. The van der Waals surface area contributed by atoms with Crippen LogP contribution in [0.1, 0.15) is 53.8 Å². The van der Waals surface area contributed by atoms with Gasteiger partial charge in [0.15, 0.2) is 17.5 Å². The number of Topliss-reactive ketones (excluding diaryl/α,β-unsaturated/α-hetero) is 1. The molecule has 7 nitrogen and oxygen atoms in total. The summed E-state index contributed by atoms with van der Waals surface area (Å²) in [5.41, 5.74) is 1.48. The predicted molar refractivity (Wildman–Crippen MR) is 112 cm³/mol. The molecular weight excluding hydrogens is 400 g/mol. The highest BCUT2D eigenvalue weighted by molar-refractivity contribution is 7.89. The third-order valence-electron chi connectivity index (χ3n) is 5.24. The summed E-state index contributed by atoms with van der Waals surface area (Å²) < 4.78 is 27.8. The van der Waals surface area contributed by atoms with Gasteiger partial charge in [-0.05, 0) is 50.3 Å². The summed E-state index contributed by atoms with van der Waals surface area (Å²) in [6, 6.07) is 9.64. The van der Waals surface area contributed by atoms with Crippen LogP contribution < -0.4 is 0 Å². The van der Waals surface area contributed by atoms with E-state index in [4.69, 9.17) is 0 Å². The summed E-state index contributed by atoms with van der Waals surface area (Å²) in [6.45, 7) is 8.54. The molecule has 0 saturated carbocycles. The summed E-state index contributed by atoms with van der Waals surface area (Å²) >= 11 is 0. The first-order valence-electron chi connectivity index (χ1n) is 9.98. The minimum atomic E-state index is -3.73. The Morgan fingerprint density at radius 2 is 1.73 bits per heavy atom. The lowest BCUT2D eigenvalue weighted by atomic mass is 9.94. The van der Waals surface area contributed by atoms with Crippen LogP contribution in [0.3, 0.4) is 0 Å². The van der Waals surface area contributed by atoms with Gasteiger partial charge in [0.1, 0.15) is 0 Å². The Balaban J connectivity index is 1.94. The second-order valence-corrected chi connectivity index (χ2v) is 10.2. The minimum absolute atomic E-state index is 0.0627. The van der Waals surface area contributed by atoms with Crippen LogP contribution in [-0.4, -0.2) is 41.6 Å². The van der Waals surface area contributed by atoms with Gasteiger partial charge in [-0.1, -0.05) is 26.0 Å². The van der Waals surface area contributed by atoms with Gasteiger partial charge >= 0.3 is 0 Å². The summed E-state index contributed by atoms with van der Waals surface area (Å²) in [5.74, 6) is -1.03. The van der Waals surface area contributed by atoms with E-state index in [2.05, 4.69) is 9.97 Å². The van der Waals surface area contributed by atoms with Crippen molar-refractivity contribution in [1.82, 2.24) is 14.3 Å². The van der Waals surface area contributed by atoms with E-state index in [-0.39, 0.29) is 28.1 Å². The van der Waals surface area contributed by atoms with Crippen LogP contribution in [0.15, 0.2) is 35.2 Å². The van der Waals surface area contributed by atoms with Gasteiger partial charge in [0.25, 0.3) is 0 Å². The van der Waals surface area contributed by atoms with Gasteiger partial charge in [-0.2, -0.15) is 9.57 Å². The molecule has 1 aliphatic heterocycles. The Kier molecular flexibility index (Phi) is 6.34. The van der Waals surface area contributed by atoms with Crippen LogP contribution in [-0.2, 0) is 10.0 Å². The second-order valence-electron chi connectivity index (χ2n) is 8.23. The number of nitriles is 1. The van der Waals surface area contributed by atoms with Crippen LogP contribution in [0.25, 0.3) is 0 Å². The summed E-state index contributed by atoms with van der Waals surface area (Å²) in [4.78, 5) is 21.6. The lowest BCUT2D eigenvalue weighted by Crippen LogP contribution is -2.42. The Morgan fingerprint density at radius 3 is 2.30 bits per heavy atom. The van der Waals surface area contributed by atoms with E-state index in [1.54, 1.807) is 19.9 Å².